The van der Waals surface area contributed by atoms with Crippen LogP contribution in [0.3, 0.4) is 0 Å². The van der Waals surface area contributed by atoms with E-state index >= 15 is 0 Å². The third kappa shape index (κ3) is 1.70. The van der Waals surface area contributed by atoms with Gasteiger partial charge in [-0.25, -0.2) is 0 Å². The van der Waals surface area contributed by atoms with Gasteiger partial charge in [0.05, 0.1) is 6.54 Å². The molecule has 0 bridgehead atoms. The molecule has 4 nitrogen and oxygen atoms in total. The molecule has 4 heteroatoms. The second-order valence-electron chi connectivity index (χ2n) is 5.03. The van der Waals surface area contributed by atoms with E-state index in [0.29, 0.717) is 0 Å². The van der Waals surface area contributed by atoms with Crippen LogP contribution in [0.5, 0.6) is 0 Å². The first-order valence-electron chi connectivity index (χ1n) is 6.21. The molecule has 16 heavy (non-hydrogen) atoms. The second-order valence-corrected chi connectivity index (χ2v) is 5.03. The largest absolute Gasteiger partial charge is 0.340 e. The molecule has 1 saturated heterocycles. The number of piperazine rings is 1. The molecule has 1 aliphatic carbocycles. The molecule has 0 aromatic rings. The number of carbonyl (C=O) groups is 2. The number of carbonyl (C=O) groups excluding carboxylic acids is 2. The van der Waals surface area contributed by atoms with Gasteiger partial charge in [0, 0.05) is 6.04 Å². The predicted molar refractivity (Wildman–Crippen MR) is 60.8 cm³/mol. The highest BCUT2D eigenvalue weighted by molar-refractivity contribution is 5.98. The van der Waals surface area contributed by atoms with Gasteiger partial charge in [-0.05, 0) is 26.2 Å². The molecule has 2 fully saturated rings. The van der Waals surface area contributed by atoms with Crippen LogP contribution in [0.4, 0.5) is 0 Å². The van der Waals surface area contributed by atoms with Crippen molar-refractivity contribution in [1.82, 2.24) is 10.2 Å². The maximum Gasteiger partial charge on any atom is 0.249 e. The van der Waals surface area contributed by atoms with Gasteiger partial charge in [-0.2, -0.15) is 0 Å². The van der Waals surface area contributed by atoms with Gasteiger partial charge in [0.2, 0.25) is 11.8 Å². The lowest BCUT2D eigenvalue weighted by atomic mass is 9.92. The van der Waals surface area contributed by atoms with Crippen LogP contribution >= 0.6 is 0 Å². The molecule has 1 heterocycles. The van der Waals surface area contributed by atoms with Crippen LogP contribution in [-0.4, -0.2) is 34.8 Å². The molecule has 90 valence electrons. The first-order chi connectivity index (χ1) is 7.59. The molecule has 2 rings (SSSR count). The molecule has 1 spiro atoms. The highest BCUT2D eigenvalue weighted by atomic mass is 16.2. The fourth-order valence-corrected chi connectivity index (χ4v) is 2.76. The van der Waals surface area contributed by atoms with Crippen molar-refractivity contribution in [1.29, 1.82) is 0 Å². The Balaban J connectivity index is 2.22. The third-order valence-corrected chi connectivity index (χ3v) is 3.94. The zero-order chi connectivity index (χ0) is 11.8. The minimum absolute atomic E-state index is 0.00167. The van der Waals surface area contributed by atoms with E-state index in [0.717, 1.165) is 32.1 Å². The van der Waals surface area contributed by atoms with E-state index in [2.05, 4.69) is 5.32 Å². The van der Waals surface area contributed by atoms with Crippen LogP contribution in [0.15, 0.2) is 0 Å². The Hall–Kier alpha value is -1.06. The molecule has 1 atom stereocenters. The summed E-state index contributed by atoms with van der Waals surface area (Å²) in [4.78, 5) is 25.9. The summed E-state index contributed by atoms with van der Waals surface area (Å²) >= 11 is 0. The lowest BCUT2D eigenvalue weighted by Gasteiger charge is -2.42. The number of nitrogens with one attached hydrogen (secondary N) is 1. The lowest BCUT2D eigenvalue weighted by Crippen LogP contribution is -2.66. The Kier molecular flexibility index (Phi) is 2.91. The summed E-state index contributed by atoms with van der Waals surface area (Å²) in [7, 11) is 0. The number of hydrogen-bond acceptors (Lipinski definition) is 2. The molecule has 0 aromatic heterocycles. The minimum Gasteiger partial charge on any atom is -0.340 e. The topological polar surface area (TPSA) is 49.4 Å². The smallest absolute Gasteiger partial charge is 0.249 e. The van der Waals surface area contributed by atoms with Gasteiger partial charge >= 0.3 is 0 Å². The molecule has 1 N–H and O–H groups in total. The normalized spacial score (nSPS) is 26.0. The zero-order valence-electron chi connectivity index (χ0n) is 10.1. The minimum atomic E-state index is -0.557. The summed E-state index contributed by atoms with van der Waals surface area (Å²) in [6, 6.07) is 0.163. The van der Waals surface area contributed by atoms with E-state index in [-0.39, 0.29) is 24.4 Å². The van der Waals surface area contributed by atoms with Crippen molar-refractivity contribution in [3.05, 3.63) is 0 Å². The average Bonchev–Trinajstić information content (AvgIpc) is 2.72. The number of rotatable bonds is 2. The van der Waals surface area contributed by atoms with Crippen molar-refractivity contribution < 1.29 is 9.59 Å². The van der Waals surface area contributed by atoms with Crippen molar-refractivity contribution in [3.63, 3.8) is 0 Å². The summed E-state index contributed by atoms with van der Waals surface area (Å²) < 4.78 is 0. The van der Waals surface area contributed by atoms with Crippen molar-refractivity contribution >= 4 is 11.8 Å². The van der Waals surface area contributed by atoms with Crippen molar-refractivity contribution in [2.45, 2.75) is 57.5 Å². The third-order valence-electron chi connectivity index (χ3n) is 3.94. The molecule has 2 aliphatic rings. The van der Waals surface area contributed by atoms with E-state index in [1.165, 1.54) is 0 Å². The quantitative estimate of drug-likeness (QED) is 0.762. The van der Waals surface area contributed by atoms with E-state index in [1.807, 2.05) is 13.8 Å². The molecule has 0 radical (unpaired) electrons. The van der Waals surface area contributed by atoms with Crippen LogP contribution in [0.1, 0.15) is 46.0 Å². The molecule has 1 saturated carbocycles. The van der Waals surface area contributed by atoms with Crippen LogP contribution in [0.2, 0.25) is 0 Å². The van der Waals surface area contributed by atoms with E-state index < -0.39 is 5.54 Å². The fraction of sp³-hybridized carbons (Fsp3) is 0.833. The van der Waals surface area contributed by atoms with Crippen molar-refractivity contribution in [2.75, 3.05) is 6.54 Å². The van der Waals surface area contributed by atoms with Gasteiger partial charge in [0.25, 0.3) is 0 Å². The zero-order valence-corrected chi connectivity index (χ0v) is 10.1. The fourth-order valence-electron chi connectivity index (χ4n) is 2.76. The Labute approximate surface area is 96.4 Å². The second kappa shape index (κ2) is 4.07. The molecular formula is C12H20N2O2. The number of amides is 2. The Morgan fingerprint density at radius 3 is 2.56 bits per heavy atom. The van der Waals surface area contributed by atoms with Gasteiger partial charge in [0.15, 0.2) is 0 Å². The molecule has 1 unspecified atom stereocenters. The SMILES string of the molecule is CCC(C)N1CC(=O)NC2(CCCC2)C1=O. The summed E-state index contributed by atoms with van der Waals surface area (Å²) in [5, 5.41) is 2.92. The highest BCUT2D eigenvalue weighted by Crippen LogP contribution is 2.34. The summed E-state index contributed by atoms with van der Waals surface area (Å²) in [5.74, 6) is 0.140. The summed E-state index contributed by atoms with van der Waals surface area (Å²) in [6.07, 6.45) is 4.60. The predicted octanol–water partition coefficient (Wildman–Crippen LogP) is 1.06. The Morgan fingerprint density at radius 1 is 1.38 bits per heavy atom. The van der Waals surface area contributed by atoms with Crippen molar-refractivity contribution in [3.8, 4) is 0 Å². The van der Waals surface area contributed by atoms with Crippen LogP contribution < -0.4 is 5.32 Å². The summed E-state index contributed by atoms with van der Waals surface area (Å²) in [6.45, 7) is 4.29. The standard InChI is InChI=1S/C12H20N2O2/c1-3-9(2)14-8-10(15)13-12(11(14)16)6-4-5-7-12/h9H,3-8H2,1-2H3,(H,13,15). The maximum atomic E-state index is 12.4. The molecule has 0 aromatic carbocycles. The van der Waals surface area contributed by atoms with Gasteiger partial charge in [-0.3, -0.25) is 9.59 Å². The molecule has 1 aliphatic heterocycles. The maximum absolute atomic E-state index is 12.4. The first-order valence-corrected chi connectivity index (χ1v) is 6.21. The lowest BCUT2D eigenvalue weighted by molar-refractivity contribution is -0.151. The van der Waals surface area contributed by atoms with E-state index in [1.54, 1.807) is 4.90 Å². The van der Waals surface area contributed by atoms with E-state index in [4.69, 9.17) is 0 Å². The van der Waals surface area contributed by atoms with Gasteiger partial charge in [-0.15, -0.1) is 0 Å². The molecular weight excluding hydrogens is 204 g/mol. The van der Waals surface area contributed by atoms with Crippen molar-refractivity contribution in [2.24, 2.45) is 0 Å². The Bertz CT molecular complexity index is 308. The van der Waals surface area contributed by atoms with Crippen LogP contribution in [0, 0.1) is 0 Å². The number of nitrogens with zero attached hydrogens (tertiary/aromatic N) is 1. The summed E-state index contributed by atoms with van der Waals surface area (Å²) in [5.41, 5.74) is -0.557. The highest BCUT2D eigenvalue weighted by Gasteiger charge is 2.48. The first kappa shape index (κ1) is 11.4. The Morgan fingerprint density at radius 2 is 2.00 bits per heavy atom. The van der Waals surface area contributed by atoms with E-state index in [9.17, 15) is 9.59 Å². The molecule has 2 amide bonds. The van der Waals surface area contributed by atoms with Crippen LogP contribution in [-0.2, 0) is 9.59 Å². The average molecular weight is 224 g/mol. The number of hydrogen-bond donors (Lipinski definition) is 1. The van der Waals surface area contributed by atoms with Crippen LogP contribution in [0.25, 0.3) is 0 Å². The van der Waals surface area contributed by atoms with Gasteiger partial charge in [-0.1, -0.05) is 19.8 Å². The monoisotopic (exact) mass is 224 g/mol. The van der Waals surface area contributed by atoms with Gasteiger partial charge in [0.1, 0.15) is 5.54 Å². The van der Waals surface area contributed by atoms with Gasteiger partial charge < -0.3 is 10.2 Å².